The molecule has 1 aliphatic heterocycles. The highest BCUT2D eigenvalue weighted by molar-refractivity contribution is 7.91. The minimum Gasteiger partial charge on any atom is -0.478 e. The van der Waals surface area contributed by atoms with E-state index in [1.807, 2.05) is 0 Å². The van der Waals surface area contributed by atoms with Crippen LogP contribution in [0, 0.1) is 12.7 Å². The highest BCUT2D eigenvalue weighted by atomic mass is 32.2. The number of nitrogens with zero attached hydrogens (tertiary/aromatic N) is 3. The quantitative estimate of drug-likeness (QED) is 0.485. The van der Waals surface area contributed by atoms with E-state index < -0.39 is 45.6 Å². The first-order valence-corrected chi connectivity index (χ1v) is 12.6. The molecule has 0 aliphatic carbocycles. The van der Waals surface area contributed by atoms with Crippen LogP contribution in [0.15, 0.2) is 30.6 Å². The van der Waals surface area contributed by atoms with Gasteiger partial charge in [-0.15, -0.1) is 0 Å². The number of carbonyl (C=O) groups excluding carboxylic acids is 1. The van der Waals surface area contributed by atoms with Gasteiger partial charge in [0, 0.05) is 23.4 Å². The molecule has 0 atom stereocenters. The normalized spacial score (nSPS) is 17.1. The van der Waals surface area contributed by atoms with Crippen molar-refractivity contribution in [2.75, 3.05) is 18.1 Å². The zero-order chi connectivity index (χ0) is 26.3. The number of nitrogens with one attached hydrogen (secondary N) is 1. The number of pyridine rings is 2. The van der Waals surface area contributed by atoms with Gasteiger partial charge in [0.2, 0.25) is 0 Å². The smallest absolute Gasteiger partial charge is 0.422 e. The molecular formula is C22H22F4N4O5S. The summed E-state index contributed by atoms with van der Waals surface area (Å²) in [7, 11) is -3.10. The molecule has 3 aromatic heterocycles. The second-order valence-corrected chi connectivity index (χ2v) is 11.1. The topological polar surface area (TPSA) is 112 Å². The Morgan fingerprint density at radius 1 is 1.22 bits per heavy atom. The number of aromatic nitrogens is 3. The summed E-state index contributed by atoms with van der Waals surface area (Å²) in [6.07, 6.45) is -1.81. The lowest BCUT2D eigenvalue weighted by Crippen LogP contribution is -2.51. The van der Waals surface area contributed by atoms with E-state index in [0.717, 1.165) is 12.3 Å². The Kier molecular flexibility index (Phi) is 6.58. The summed E-state index contributed by atoms with van der Waals surface area (Å²) in [6, 6.07) is 3.70. The lowest BCUT2D eigenvalue weighted by Gasteiger charge is -2.34. The Morgan fingerprint density at radius 3 is 2.58 bits per heavy atom. The summed E-state index contributed by atoms with van der Waals surface area (Å²) < 4.78 is 86.4. The molecule has 0 radical (unpaired) electrons. The Labute approximate surface area is 203 Å². The fourth-order valence-corrected chi connectivity index (χ4v) is 5.43. The average molecular weight is 531 g/mol. The molecule has 194 valence electrons. The van der Waals surface area contributed by atoms with Crippen LogP contribution in [-0.4, -0.2) is 58.8 Å². The van der Waals surface area contributed by atoms with Crippen LogP contribution in [0.3, 0.4) is 0 Å². The third-order valence-electron chi connectivity index (χ3n) is 5.82. The van der Waals surface area contributed by atoms with Crippen LogP contribution in [-0.2, 0) is 9.84 Å². The Bertz CT molecular complexity index is 1410. The summed E-state index contributed by atoms with van der Waals surface area (Å²) in [5, 5.41) is 7.11. The number of hydrogen-bond donors (Lipinski definition) is 1. The molecule has 3 aromatic rings. The number of rotatable bonds is 6. The molecule has 0 saturated carbocycles. The molecule has 1 aliphatic rings. The fraction of sp³-hybridized carbons (Fsp3) is 0.409. The molecule has 0 aromatic carbocycles. The van der Waals surface area contributed by atoms with Crippen molar-refractivity contribution in [3.8, 4) is 17.4 Å². The van der Waals surface area contributed by atoms with Gasteiger partial charge in [-0.25, -0.2) is 22.3 Å². The van der Waals surface area contributed by atoms with E-state index in [9.17, 15) is 30.8 Å². The third-order valence-corrected chi connectivity index (χ3v) is 7.47. The number of amides is 1. The van der Waals surface area contributed by atoms with Crippen molar-refractivity contribution in [3.05, 3.63) is 47.7 Å². The number of fused-ring (bicyclic) bond motifs is 1. The zero-order valence-corrected chi connectivity index (χ0v) is 20.0. The van der Waals surface area contributed by atoms with E-state index in [0.29, 0.717) is 11.1 Å². The van der Waals surface area contributed by atoms with Crippen molar-refractivity contribution in [1.82, 2.24) is 19.9 Å². The molecule has 14 heteroatoms. The number of halogens is 4. The molecule has 1 amide bonds. The minimum absolute atomic E-state index is 0.0130. The Hall–Kier alpha value is -3.42. The first-order chi connectivity index (χ1) is 16.7. The van der Waals surface area contributed by atoms with E-state index in [4.69, 9.17) is 4.74 Å². The standard InChI is InChI=1S/C22H22F4N4O5S/c1-13-16-10-15(19(31)28-21(2)4-7-36(32,33)8-5-21)29-30(16)6-3-17(13)35-20-18(9-14(23)11-27-20)34-12-22(24,25)26/h3,6,9-11H,4-5,7-8,12H2,1-2H3,(H,28,31). The van der Waals surface area contributed by atoms with Crippen molar-refractivity contribution in [2.24, 2.45) is 0 Å². The van der Waals surface area contributed by atoms with Crippen molar-refractivity contribution in [3.63, 3.8) is 0 Å². The Morgan fingerprint density at radius 2 is 1.92 bits per heavy atom. The number of aryl methyl sites for hydroxylation is 1. The summed E-state index contributed by atoms with van der Waals surface area (Å²) >= 11 is 0. The number of hydrogen-bond acceptors (Lipinski definition) is 7. The number of alkyl halides is 3. The number of ether oxygens (including phenoxy) is 2. The molecule has 1 fully saturated rings. The van der Waals surface area contributed by atoms with Gasteiger partial charge in [0.05, 0.1) is 23.2 Å². The molecule has 4 rings (SSSR count). The van der Waals surface area contributed by atoms with Crippen molar-refractivity contribution >= 4 is 21.3 Å². The van der Waals surface area contributed by atoms with Gasteiger partial charge in [0.15, 0.2) is 18.1 Å². The lowest BCUT2D eigenvalue weighted by molar-refractivity contribution is -0.153. The molecule has 0 unspecified atom stereocenters. The number of sulfone groups is 1. The maximum atomic E-state index is 13.5. The maximum Gasteiger partial charge on any atom is 0.422 e. The highest BCUT2D eigenvalue weighted by Crippen LogP contribution is 2.34. The maximum absolute atomic E-state index is 13.5. The van der Waals surface area contributed by atoms with Gasteiger partial charge in [-0.05, 0) is 38.8 Å². The number of carbonyl (C=O) groups is 1. The molecule has 0 bridgehead atoms. The average Bonchev–Trinajstić information content (AvgIpc) is 3.23. The van der Waals surface area contributed by atoms with E-state index in [1.165, 1.54) is 22.8 Å². The van der Waals surface area contributed by atoms with Gasteiger partial charge in [-0.2, -0.15) is 18.3 Å². The minimum atomic E-state index is -4.64. The second kappa shape index (κ2) is 9.22. The first-order valence-electron chi connectivity index (χ1n) is 10.8. The SMILES string of the molecule is Cc1c(Oc2ncc(F)cc2OCC(F)(F)F)ccn2nc(C(=O)NC3(C)CCS(=O)(=O)CC3)cc12. The van der Waals surface area contributed by atoms with Crippen LogP contribution >= 0.6 is 0 Å². The van der Waals surface area contributed by atoms with Crippen LogP contribution in [0.2, 0.25) is 0 Å². The van der Waals surface area contributed by atoms with Crippen LogP contribution in [0.1, 0.15) is 35.8 Å². The van der Waals surface area contributed by atoms with Crippen molar-refractivity contribution in [1.29, 1.82) is 0 Å². The first kappa shape index (κ1) is 25.7. The molecule has 1 saturated heterocycles. The molecule has 1 N–H and O–H groups in total. The van der Waals surface area contributed by atoms with Crippen LogP contribution in [0.5, 0.6) is 17.4 Å². The molecular weight excluding hydrogens is 508 g/mol. The Balaban J connectivity index is 1.55. The molecule has 0 spiro atoms. The lowest BCUT2D eigenvalue weighted by atomic mass is 9.94. The molecule has 36 heavy (non-hydrogen) atoms. The predicted molar refractivity (Wildman–Crippen MR) is 120 cm³/mol. The fourth-order valence-electron chi connectivity index (χ4n) is 3.70. The second-order valence-electron chi connectivity index (χ2n) is 8.79. The third kappa shape index (κ3) is 5.86. The van der Waals surface area contributed by atoms with Gasteiger partial charge in [0.25, 0.3) is 11.8 Å². The summed E-state index contributed by atoms with van der Waals surface area (Å²) in [6.45, 7) is 1.76. The van der Waals surface area contributed by atoms with E-state index in [-0.39, 0.29) is 41.7 Å². The van der Waals surface area contributed by atoms with Crippen LogP contribution in [0.25, 0.3) is 5.52 Å². The monoisotopic (exact) mass is 530 g/mol. The van der Waals surface area contributed by atoms with Gasteiger partial charge in [-0.3, -0.25) is 4.79 Å². The molecule has 4 heterocycles. The van der Waals surface area contributed by atoms with Gasteiger partial charge < -0.3 is 14.8 Å². The van der Waals surface area contributed by atoms with E-state index in [1.54, 1.807) is 13.8 Å². The van der Waals surface area contributed by atoms with Gasteiger partial charge >= 0.3 is 6.18 Å². The predicted octanol–water partition coefficient (Wildman–Crippen LogP) is 3.61. The largest absolute Gasteiger partial charge is 0.478 e. The van der Waals surface area contributed by atoms with Gasteiger partial charge in [0.1, 0.15) is 21.4 Å². The summed E-state index contributed by atoms with van der Waals surface area (Å²) in [5.41, 5.74) is 0.336. The zero-order valence-electron chi connectivity index (χ0n) is 19.2. The van der Waals surface area contributed by atoms with Crippen molar-refractivity contribution < 1.29 is 40.2 Å². The van der Waals surface area contributed by atoms with Gasteiger partial charge in [-0.1, -0.05) is 0 Å². The molecule has 9 nitrogen and oxygen atoms in total. The van der Waals surface area contributed by atoms with E-state index >= 15 is 0 Å². The highest BCUT2D eigenvalue weighted by Gasteiger charge is 2.35. The van der Waals surface area contributed by atoms with Crippen LogP contribution in [0.4, 0.5) is 17.6 Å². The summed E-state index contributed by atoms with van der Waals surface area (Å²) in [4.78, 5) is 16.5. The van der Waals surface area contributed by atoms with E-state index in [2.05, 4.69) is 20.1 Å². The van der Waals surface area contributed by atoms with Crippen LogP contribution < -0.4 is 14.8 Å². The van der Waals surface area contributed by atoms with Crippen molar-refractivity contribution in [2.45, 2.75) is 38.4 Å². The summed E-state index contributed by atoms with van der Waals surface area (Å²) in [5.74, 6) is -2.13.